The number of rotatable bonds is 7. The molecular weight excluding hydrogens is 346 g/mol. The molecule has 0 radical (unpaired) electrons. The molecule has 0 aliphatic carbocycles. The number of hydrogen-bond acceptors (Lipinski definition) is 5. The first-order valence-corrected chi connectivity index (χ1v) is 8.91. The average Bonchev–Trinajstić information content (AvgIpc) is 3.09. The van der Waals surface area contributed by atoms with Crippen LogP contribution in [0, 0.1) is 0 Å². The van der Waals surface area contributed by atoms with Gasteiger partial charge in [0.15, 0.2) is 5.69 Å². The van der Waals surface area contributed by atoms with E-state index in [0.717, 1.165) is 17.9 Å². The molecule has 0 fully saturated rings. The van der Waals surface area contributed by atoms with Crippen molar-refractivity contribution in [3.63, 3.8) is 0 Å². The minimum atomic E-state index is -0.261. The molecule has 2 aromatic rings. The van der Waals surface area contributed by atoms with Crippen LogP contribution in [0.4, 0.5) is 0 Å². The van der Waals surface area contributed by atoms with Crippen LogP contribution in [0.15, 0.2) is 30.3 Å². The second kappa shape index (κ2) is 8.22. The van der Waals surface area contributed by atoms with Crippen molar-refractivity contribution in [2.75, 3.05) is 40.8 Å². The fourth-order valence-corrected chi connectivity index (χ4v) is 3.02. The van der Waals surface area contributed by atoms with Crippen LogP contribution in [0.25, 0.3) is 0 Å². The first-order valence-electron chi connectivity index (χ1n) is 8.91. The maximum Gasteiger partial charge on any atom is 0.272 e. The van der Waals surface area contributed by atoms with Crippen LogP contribution in [-0.2, 0) is 13.1 Å². The van der Waals surface area contributed by atoms with E-state index in [2.05, 4.69) is 10.4 Å². The highest BCUT2D eigenvalue weighted by atomic mass is 16.5. The number of hydrogen-bond donors (Lipinski definition) is 1. The zero-order valence-corrected chi connectivity index (χ0v) is 15.9. The van der Waals surface area contributed by atoms with Crippen molar-refractivity contribution in [2.45, 2.75) is 13.1 Å². The lowest BCUT2D eigenvalue weighted by Crippen LogP contribution is -2.39. The lowest BCUT2D eigenvalue weighted by atomic mass is 10.1. The highest BCUT2D eigenvalue weighted by molar-refractivity contribution is 5.98. The molecule has 0 atom stereocenters. The SMILES string of the molecule is COc1ccccc1CN1CCn2nc(C(=O)NCCN(C)C)cc2C1=O. The number of amides is 2. The third-order valence-corrected chi connectivity index (χ3v) is 4.50. The number of para-hydroxylation sites is 1. The Morgan fingerprint density at radius 3 is 2.81 bits per heavy atom. The second-order valence-corrected chi connectivity index (χ2v) is 6.74. The maximum absolute atomic E-state index is 12.8. The van der Waals surface area contributed by atoms with Gasteiger partial charge in [0.05, 0.1) is 13.7 Å². The van der Waals surface area contributed by atoms with Gasteiger partial charge in [-0.15, -0.1) is 0 Å². The highest BCUT2D eigenvalue weighted by Gasteiger charge is 2.28. The van der Waals surface area contributed by atoms with Gasteiger partial charge in [-0.2, -0.15) is 5.10 Å². The summed E-state index contributed by atoms with van der Waals surface area (Å²) in [5.74, 6) is 0.361. The molecule has 1 N–H and O–H groups in total. The summed E-state index contributed by atoms with van der Waals surface area (Å²) in [4.78, 5) is 28.8. The van der Waals surface area contributed by atoms with Crippen molar-refractivity contribution in [3.8, 4) is 5.75 Å². The molecule has 1 aromatic heterocycles. The maximum atomic E-state index is 12.8. The van der Waals surface area contributed by atoms with Crippen molar-refractivity contribution in [1.29, 1.82) is 0 Å². The van der Waals surface area contributed by atoms with E-state index in [9.17, 15) is 9.59 Å². The van der Waals surface area contributed by atoms with E-state index in [1.165, 1.54) is 0 Å². The van der Waals surface area contributed by atoms with E-state index in [-0.39, 0.29) is 17.5 Å². The molecule has 8 nitrogen and oxygen atoms in total. The second-order valence-electron chi connectivity index (χ2n) is 6.74. The fourth-order valence-electron chi connectivity index (χ4n) is 3.02. The molecule has 0 saturated heterocycles. The van der Waals surface area contributed by atoms with Crippen LogP contribution in [0.5, 0.6) is 5.75 Å². The van der Waals surface area contributed by atoms with Crippen LogP contribution in [-0.4, -0.2) is 72.2 Å². The molecule has 8 heteroatoms. The molecule has 3 rings (SSSR count). The molecule has 1 aliphatic heterocycles. The Labute approximate surface area is 158 Å². The van der Waals surface area contributed by atoms with Gasteiger partial charge >= 0.3 is 0 Å². The number of methoxy groups -OCH3 is 1. The number of nitrogens with one attached hydrogen (secondary N) is 1. The lowest BCUT2D eigenvalue weighted by molar-refractivity contribution is 0.0681. The van der Waals surface area contributed by atoms with Gasteiger partial charge in [-0.25, -0.2) is 0 Å². The topological polar surface area (TPSA) is 79.7 Å². The third kappa shape index (κ3) is 4.28. The van der Waals surface area contributed by atoms with E-state index < -0.39 is 0 Å². The average molecular weight is 371 g/mol. The predicted molar refractivity (Wildman–Crippen MR) is 101 cm³/mol. The Kier molecular flexibility index (Phi) is 5.75. The Morgan fingerprint density at radius 1 is 1.30 bits per heavy atom. The van der Waals surface area contributed by atoms with Gasteiger partial charge < -0.3 is 19.9 Å². The van der Waals surface area contributed by atoms with Gasteiger partial charge in [-0.3, -0.25) is 14.3 Å². The molecule has 144 valence electrons. The molecular formula is C19H25N5O3. The molecule has 0 unspecified atom stereocenters. The van der Waals surface area contributed by atoms with E-state index in [1.54, 1.807) is 22.8 Å². The normalized spacial score (nSPS) is 13.6. The number of carbonyl (C=O) groups excluding carboxylic acids is 2. The van der Waals surface area contributed by atoms with Gasteiger partial charge in [0.2, 0.25) is 0 Å². The molecule has 27 heavy (non-hydrogen) atoms. The number of carbonyl (C=O) groups is 2. The summed E-state index contributed by atoms with van der Waals surface area (Å²) in [6.07, 6.45) is 0. The standard InChI is InChI=1S/C19H25N5O3/c1-22(2)9-8-20-18(25)15-12-16-19(26)23(10-11-24(16)21-15)13-14-6-4-5-7-17(14)27-3/h4-7,12H,8-11,13H2,1-3H3,(H,20,25). The van der Waals surface area contributed by atoms with Gasteiger partial charge in [0, 0.05) is 37.8 Å². The highest BCUT2D eigenvalue weighted by Crippen LogP contribution is 2.22. The molecule has 2 amide bonds. The van der Waals surface area contributed by atoms with Crippen molar-refractivity contribution in [1.82, 2.24) is 24.9 Å². The summed E-state index contributed by atoms with van der Waals surface area (Å²) in [5.41, 5.74) is 1.66. The molecule has 1 aromatic carbocycles. The van der Waals surface area contributed by atoms with Crippen LogP contribution >= 0.6 is 0 Å². The fraction of sp³-hybridized carbons (Fsp3) is 0.421. The van der Waals surface area contributed by atoms with Crippen molar-refractivity contribution < 1.29 is 14.3 Å². The summed E-state index contributed by atoms with van der Waals surface area (Å²) in [7, 11) is 5.50. The largest absolute Gasteiger partial charge is 0.496 e. The minimum Gasteiger partial charge on any atom is -0.496 e. The van der Waals surface area contributed by atoms with Crippen molar-refractivity contribution in [3.05, 3.63) is 47.3 Å². The monoisotopic (exact) mass is 371 g/mol. The summed E-state index contributed by atoms with van der Waals surface area (Å²) < 4.78 is 6.98. The van der Waals surface area contributed by atoms with Crippen LogP contribution in [0.2, 0.25) is 0 Å². The Hall–Kier alpha value is -2.87. The Morgan fingerprint density at radius 2 is 2.07 bits per heavy atom. The van der Waals surface area contributed by atoms with Gasteiger partial charge in [0.1, 0.15) is 11.4 Å². The first-order chi connectivity index (χ1) is 13.0. The van der Waals surface area contributed by atoms with E-state index >= 15 is 0 Å². The molecule has 0 spiro atoms. The van der Waals surface area contributed by atoms with Gasteiger partial charge in [0.25, 0.3) is 11.8 Å². The van der Waals surface area contributed by atoms with Crippen LogP contribution < -0.4 is 10.1 Å². The molecule has 1 aliphatic rings. The van der Waals surface area contributed by atoms with E-state index in [4.69, 9.17) is 4.74 Å². The van der Waals surface area contributed by atoms with Crippen LogP contribution in [0.1, 0.15) is 26.5 Å². The predicted octanol–water partition coefficient (Wildman–Crippen LogP) is 0.839. The number of benzene rings is 1. The number of fused-ring (bicyclic) bond motifs is 1. The van der Waals surface area contributed by atoms with Crippen LogP contribution in [0.3, 0.4) is 0 Å². The Bertz CT molecular complexity index is 831. The molecule has 0 saturated carbocycles. The smallest absolute Gasteiger partial charge is 0.272 e. The first kappa shape index (κ1) is 18.9. The van der Waals surface area contributed by atoms with E-state index in [1.807, 2.05) is 43.3 Å². The summed E-state index contributed by atoms with van der Waals surface area (Å²) in [6.45, 7) is 2.82. The zero-order valence-electron chi connectivity index (χ0n) is 15.9. The van der Waals surface area contributed by atoms with Crippen molar-refractivity contribution in [2.24, 2.45) is 0 Å². The number of aromatic nitrogens is 2. The molecule has 2 heterocycles. The third-order valence-electron chi connectivity index (χ3n) is 4.50. The summed E-state index contributed by atoms with van der Waals surface area (Å²) >= 11 is 0. The lowest BCUT2D eigenvalue weighted by Gasteiger charge is -2.28. The van der Waals surface area contributed by atoms with Gasteiger partial charge in [-0.05, 0) is 20.2 Å². The molecule has 0 bridgehead atoms. The Balaban J connectivity index is 1.70. The van der Waals surface area contributed by atoms with Gasteiger partial charge in [-0.1, -0.05) is 18.2 Å². The zero-order chi connectivity index (χ0) is 19.4. The van der Waals surface area contributed by atoms with Crippen molar-refractivity contribution >= 4 is 11.8 Å². The number of ether oxygens (including phenoxy) is 1. The number of nitrogens with zero attached hydrogens (tertiary/aromatic N) is 4. The summed E-state index contributed by atoms with van der Waals surface area (Å²) in [6, 6.07) is 9.22. The summed E-state index contributed by atoms with van der Waals surface area (Å²) in [5, 5.41) is 7.12. The number of likely N-dealkylation sites (N-methyl/N-ethyl adjacent to an activating group) is 1. The minimum absolute atomic E-state index is 0.132. The quantitative estimate of drug-likeness (QED) is 0.780. The van der Waals surface area contributed by atoms with E-state index in [0.29, 0.717) is 31.9 Å².